The van der Waals surface area contributed by atoms with Crippen LogP contribution in [0.1, 0.15) is 47.3 Å². The van der Waals surface area contributed by atoms with Crippen molar-refractivity contribution in [3.8, 4) is 0 Å². The molecule has 6 nitrogen and oxygen atoms in total. The van der Waals surface area contributed by atoms with Gasteiger partial charge in [0.15, 0.2) is 6.61 Å². The molecule has 0 spiro atoms. The van der Waals surface area contributed by atoms with E-state index in [4.69, 9.17) is 4.74 Å². The van der Waals surface area contributed by atoms with Crippen molar-refractivity contribution in [2.24, 2.45) is 0 Å². The zero-order chi connectivity index (χ0) is 20.5. The van der Waals surface area contributed by atoms with Crippen LogP contribution in [-0.4, -0.2) is 33.8 Å². The second-order valence-electron chi connectivity index (χ2n) is 7.93. The van der Waals surface area contributed by atoms with Gasteiger partial charge >= 0.3 is 5.97 Å². The summed E-state index contributed by atoms with van der Waals surface area (Å²) < 4.78 is 7.08. The molecule has 0 radical (unpaired) electrons. The summed E-state index contributed by atoms with van der Waals surface area (Å²) in [6, 6.07) is 10.1. The van der Waals surface area contributed by atoms with Crippen LogP contribution in [0.5, 0.6) is 0 Å². The van der Waals surface area contributed by atoms with Gasteiger partial charge in [0.05, 0.1) is 12.2 Å². The quantitative estimate of drug-likeness (QED) is 0.662. The lowest BCUT2D eigenvalue weighted by molar-refractivity contribution is -0.125. The van der Waals surface area contributed by atoms with Crippen molar-refractivity contribution in [2.45, 2.75) is 46.7 Å². The molecule has 7 heteroatoms. The summed E-state index contributed by atoms with van der Waals surface area (Å²) >= 11 is 1.33. The van der Waals surface area contributed by atoms with Crippen LogP contribution in [0.25, 0.3) is 10.2 Å². The molecule has 148 valence electrons. The highest BCUT2D eigenvalue weighted by Gasteiger charge is 2.20. The minimum absolute atomic E-state index is 0.293. The molecular weight excluding hydrogens is 374 g/mol. The number of nitrogens with zero attached hydrogens (tertiary/aromatic N) is 2. The SMILES string of the molecule is Cc1ccc(Cn2nc(C)c3cc(C(=O)OCC(=O)NC(C)(C)C)sc32)cc1. The largest absolute Gasteiger partial charge is 0.451 e. The lowest BCUT2D eigenvalue weighted by Crippen LogP contribution is -2.42. The van der Waals surface area contributed by atoms with Gasteiger partial charge in [-0.25, -0.2) is 4.79 Å². The molecule has 1 N–H and O–H groups in total. The molecule has 2 heterocycles. The van der Waals surface area contributed by atoms with Crippen LogP contribution < -0.4 is 5.32 Å². The number of fused-ring (bicyclic) bond motifs is 1. The zero-order valence-electron chi connectivity index (χ0n) is 16.8. The Bertz CT molecular complexity index is 1010. The van der Waals surface area contributed by atoms with Gasteiger partial charge in [0.25, 0.3) is 5.91 Å². The summed E-state index contributed by atoms with van der Waals surface area (Å²) in [5, 5.41) is 8.30. The minimum Gasteiger partial charge on any atom is -0.451 e. The van der Waals surface area contributed by atoms with E-state index in [1.807, 2.05) is 32.4 Å². The van der Waals surface area contributed by atoms with Gasteiger partial charge in [-0.3, -0.25) is 9.48 Å². The normalized spacial score (nSPS) is 11.6. The van der Waals surface area contributed by atoms with Crippen molar-refractivity contribution in [3.05, 3.63) is 52.0 Å². The minimum atomic E-state index is -0.494. The Hall–Kier alpha value is -2.67. The first-order valence-corrected chi connectivity index (χ1v) is 9.95. The monoisotopic (exact) mass is 399 g/mol. The molecule has 0 atom stereocenters. The van der Waals surface area contributed by atoms with E-state index in [0.717, 1.165) is 21.5 Å². The first-order chi connectivity index (χ1) is 13.1. The second kappa shape index (κ2) is 7.75. The number of amides is 1. The first-order valence-electron chi connectivity index (χ1n) is 9.13. The predicted octanol–water partition coefficient (Wildman–Crippen LogP) is 3.83. The maximum atomic E-state index is 12.4. The number of nitrogens with one attached hydrogen (secondary N) is 1. The Balaban J connectivity index is 1.74. The summed E-state index contributed by atoms with van der Waals surface area (Å²) in [6.07, 6.45) is 0. The Labute approximate surface area is 168 Å². The number of thiophene rings is 1. The lowest BCUT2D eigenvalue weighted by Gasteiger charge is -2.20. The van der Waals surface area contributed by atoms with Crippen LogP contribution in [0.4, 0.5) is 0 Å². The molecule has 3 aromatic rings. The van der Waals surface area contributed by atoms with Crippen molar-refractivity contribution in [2.75, 3.05) is 6.61 Å². The smallest absolute Gasteiger partial charge is 0.348 e. The highest BCUT2D eigenvalue weighted by atomic mass is 32.1. The van der Waals surface area contributed by atoms with Gasteiger partial charge in [0.1, 0.15) is 9.71 Å². The van der Waals surface area contributed by atoms with Gasteiger partial charge in [0, 0.05) is 10.9 Å². The molecule has 1 amide bonds. The fourth-order valence-corrected chi connectivity index (χ4v) is 3.90. The number of carbonyl (C=O) groups excluding carboxylic acids is 2. The second-order valence-corrected chi connectivity index (χ2v) is 8.96. The van der Waals surface area contributed by atoms with Crippen LogP contribution in [-0.2, 0) is 16.1 Å². The maximum Gasteiger partial charge on any atom is 0.348 e. The van der Waals surface area contributed by atoms with Crippen LogP contribution in [0.3, 0.4) is 0 Å². The summed E-state index contributed by atoms with van der Waals surface area (Å²) in [5.41, 5.74) is 2.86. The Morgan fingerprint density at radius 1 is 1.18 bits per heavy atom. The average molecular weight is 400 g/mol. The molecule has 0 aliphatic carbocycles. The van der Waals surface area contributed by atoms with E-state index in [1.165, 1.54) is 16.9 Å². The number of rotatable bonds is 5. The van der Waals surface area contributed by atoms with Gasteiger partial charge in [-0.15, -0.1) is 11.3 Å². The molecule has 0 saturated carbocycles. The van der Waals surface area contributed by atoms with E-state index >= 15 is 0 Å². The standard InChI is InChI=1S/C21H25N3O3S/c1-13-6-8-15(9-7-13)11-24-19-16(14(2)23-24)10-17(28-19)20(26)27-12-18(25)22-21(3,4)5/h6-10H,11-12H2,1-5H3,(H,22,25). The molecule has 0 unspecified atom stereocenters. The fourth-order valence-electron chi connectivity index (χ4n) is 2.84. The van der Waals surface area contributed by atoms with E-state index in [-0.39, 0.29) is 18.1 Å². The number of benzene rings is 1. The molecule has 0 fully saturated rings. The molecule has 0 aliphatic rings. The molecule has 0 saturated heterocycles. The van der Waals surface area contributed by atoms with E-state index in [0.29, 0.717) is 11.4 Å². The lowest BCUT2D eigenvalue weighted by atomic mass is 10.1. The molecule has 3 rings (SSSR count). The van der Waals surface area contributed by atoms with Crippen molar-refractivity contribution < 1.29 is 14.3 Å². The van der Waals surface area contributed by atoms with E-state index in [1.54, 1.807) is 6.07 Å². The first kappa shape index (κ1) is 20.1. The van der Waals surface area contributed by atoms with Crippen LogP contribution in [0.2, 0.25) is 0 Å². The van der Waals surface area contributed by atoms with E-state index in [2.05, 4.69) is 41.6 Å². The van der Waals surface area contributed by atoms with Gasteiger partial charge in [0.2, 0.25) is 0 Å². The molecular formula is C21H25N3O3S. The third-order valence-corrected chi connectivity index (χ3v) is 5.24. The van der Waals surface area contributed by atoms with Crippen LogP contribution in [0.15, 0.2) is 30.3 Å². The number of hydrogen-bond donors (Lipinski definition) is 1. The highest BCUT2D eigenvalue weighted by Crippen LogP contribution is 2.29. The third-order valence-electron chi connectivity index (χ3n) is 4.11. The van der Waals surface area contributed by atoms with Gasteiger partial charge in [-0.05, 0) is 46.2 Å². The van der Waals surface area contributed by atoms with E-state index < -0.39 is 5.97 Å². The van der Waals surface area contributed by atoms with Crippen LogP contribution >= 0.6 is 11.3 Å². The van der Waals surface area contributed by atoms with Crippen molar-refractivity contribution >= 4 is 33.4 Å². The Morgan fingerprint density at radius 2 is 1.86 bits per heavy atom. The zero-order valence-corrected chi connectivity index (χ0v) is 17.6. The molecule has 0 bridgehead atoms. The third kappa shape index (κ3) is 4.78. The summed E-state index contributed by atoms with van der Waals surface area (Å²) in [5.74, 6) is -0.810. The number of esters is 1. The van der Waals surface area contributed by atoms with Crippen molar-refractivity contribution in [1.29, 1.82) is 0 Å². The van der Waals surface area contributed by atoms with Gasteiger partial charge in [-0.2, -0.15) is 5.10 Å². The van der Waals surface area contributed by atoms with E-state index in [9.17, 15) is 9.59 Å². The Kier molecular flexibility index (Phi) is 5.56. The summed E-state index contributed by atoms with van der Waals surface area (Å²) in [4.78, 5) is 25.6. The summed E-state index contributed by atoms with van der Waals surface area (Å²) in [7, 11) is 0. The van der Waals surface area contributed by atoms with Crippen molar-refractivity contribution in [3.63, 3.8) is 0 Å². The molecule has 0 aliphatic heterocycles. The molecule has 2 aromatic heterocycles. The topological polar surface area (TPSA) is 73.2 Å². The number of ether oxygens (including phenoxy) is 1. The highest BCUT2D eigenvalue weighted by molar-refractivity contribution is 7.20. The number of hydrogen-bond acceptors (Lipinski definition) is 5. The van der Waals surface area contributed by atoms with Crippen LogP contribution in [0, 0.1) is 13.8 Å². The van der Waals surface area contributed by atoms with Gasteiger partial charge < -0.3 is 10.1 Å². The summed E-state index contributed by atoms with van der Waals surface area (Å²) in [6.45, 7) is 9.95. The average Bonchev–Trinajstić information content (AvgIpc) is 3.15. The maximum absolute atomic E-state index is 12.4. The number of carbonyl (C=O) groups is 2. The Morgan fingerprint density at radius 3 is 2.50 bits per heavy atom. The predicted molar refractivity (Wildman–Crippen MR) is 111 cm³/mol. The molecule has 1 aromatic carbocycles. The van der Waals surface area contributed by atoms with Crippen molar-refractivity contribution in [1.82, 2.24) is 15.1 Å². The molecule has 28 heavy (non-hydrogen) atoms. The van der Waals surface area contributed by atoms with Gasteiger partial charge in [-0.1, -0.05) is 29.8 Å². The fraction of sp³-hybridized carbons (Fsp3) is 0.381. The number of aryl methyl sites for hydroxylation is 2. The number of aromatic nitrogens is 2.